The van der Waals surface area contributed by atoms with Gasteiger partial charge in [0.2, 0.25) is 0 Å². The van der Waals surface area contributed by atoms with Crippen molar-refractivity contribution in [3.8, 4) is 0 Å². The van der Waals surface area contributed by atoms with E-state index in [1.165, 1.54) is 0 Å². The van der Waals surface area contributed by atoms with Crippen LogP contribution in [0.1, 0.15) is 39.2 Å². The Kier molecular flexibility index (Phi) is 4.15. The van der Waals surface area contributed by atoms with E-state index in [1.807, 2.05) is 46.9 Å². The van der Waals surface area contributed by atoms with Crippen molar-refractivity contribution < 1.29 is 13.7 Å². The molecule has 0 saturated carbocycles. The van der Waals surface area contributed by atoms with Gasteiger partial charge in [-0.1, -0.05) is 24.3 Å². The van der Waals surface area contributed by atoms with Gasteiger partial charge in [-0.15, -0.1) is 0 Å². The van der Waals surface area contributed by atoms with Gasteiger partial charge in [-0.2, -0.15) is 0 Å². The van der Waals surface area contributed by atoms with Gasteiger partial charge in [-0.05, 0) is 51.8 Å². The van der Waals surface area contributed by atoms with Crippen LogP contribution in [0, 0.1) is 5.82 Å². The van der Waals surface area contributed by atoms with E-state index < -0.39 is 18.3 Å². The highest BCUT2D eigenvalue weighted by molar-refractivity contribution is 6.62. The average Bonchev–Trinajstić information content (AvgIpc) is 2.67. The molecule has 0 amide bonds. The van der Waals surface area contributed by atoms with Gasteiger partial charge in [-0.25, -0.2) is 4.39 Å². The average molecular weight is 317 g/mol. The lowest BCUT2D eigenvalue weighted by Crippen LogP contribution is -2.41. The molecule has 1 aromatic rings. The number of nitrogens with zero attached hydrogens (tertiary/aromatic N) is 1. The van der Waals surface area contributed by atoms with E-state index in [0.717, 1.165) is 24.1 Å². The smallest absolute Gasteiger partial charge is 0.399 e. The Morgan fingerprint density at radius 3 is 2.39 bits per heavy atom. The van der Waals surface area contributed by atoms with Gasteiger partial charge in [0, 0.05) is 19.0 Å². The predicted molar refractivity (Wildman–Crippen MR) is 91.5 cm³/mol. The molecule has 1 atom stereocenters. The van der Waals surface area contributed by atoms with Crippen LogP contribution in [0.2, 0.25) is 0 Å². The molecule has 5 heteroatoms. The first-order chi connectivity index (χ1) is 10.7. The fraction of sp³-hybridized carbons (Fsp3) is 0.556. The Balaban J connectivity index is 1.83. The summed E-state index contributed by atoms with van der Waals surface area (Å²) in [6.07, 6.45) is 4.18. The molecule has 1 fully saturated rings. The summed E-state index contributed by atoms with van der Waals surface area (Å²) in [6.45, 7) is 9.76. The van der Waals surface area contributed by atoms with E-state index >= 15 is 0 Å². The number of benzene rings is 1. The summed E-state index contributed by atoms with van der Waals surface area (Å²) in [4.78, 5) is 2.19. The van der Waals surface area contributed by atoms with E-state index in [2.05, 4.69) is 17.1 Å². The van der Waals surface area contributed by atoms with Crippen molar-refractivity contribution in [2.24, 2.45) is 0 Å². The normalized spacial score (nSPS) is 26.7. The van der Waals surface area contributed by atoms with Gasteiger partial charge < -0.3 is 14.2 Å². The maximum absolute atomic E-state index is 14.6. The van der Waals surface area contributed by atoms with E-state index in [9.17, 15) is 4.39 Å². The van der Waals surface area contributed by atoms with Crippen LogP contribution in [0.5, 0.6) is 0 Å². The molecule has 0 spiro atoms. The minimum atomic E-state index is -0.520. The molecular formula is C18H25BFNO2. The molecule has 3 rings (SSSR count). The Bertz CT molecular complexity index is 613. The van der Waals surface area contributed by atoms with E-state index in [4.69, 9.17) is 9.31 Å². The molecule has 1 saturated heterocycles. The van der Waals surface area contributed by atoms with Crippen LogP contribution < -0.4 is 5.46 Å². The van der Waals surface area contributed by atoms with Crippen LogP contribution in [-0.2, 0) is 9.31 Å². The minimum Gasteiger partial charge on any atom is -0.399 e. The standard InChI is InChI=1S/C18H25BFNO2/c1-17(2)18(3,4)23-19(22-17)14-8-9-15(16(20)11-14)13-7-6-10-21(5)12-13/h6-9,11,13H,10,12H2,1-5H3. The Morgan fingerprint density at radius 2 is 1.83 bits per heavy atom. The fourth-order valence-corrected chi connectivity index (χ4v) is 3.05. The molecule has 2 aliphatic heterocycles. The molecule has 0 N–H and O–H groups in total. The first kappa shape index (κ1) is 16.7. The summed E-state index contributed by atoms with van der Waals surface area (Å²) in [5.74, 6) is -0.0942. The first-order valence-electron chi connectivity index (χ1n) is 8.20. The maximum atomic E-state index is 14.6. The third kappa shape index (κ3) is 3.10. The minimum absolute atomic E-state index is 0.0982. The van der Waals surface area contributed by atoms with Gasteiger partial charge >= 0.3 is 7.12 Å². The van der Waals surface area contributed by atoms with Crippen LogP contribution in [0.3, 0.4) is 0 Å². The van der Waals surface area contributed by atoms with E-state index in [-0.39, 0.29) is 11.7 Å². The van der Waals surface area contributed by atoms with Crippen molar-refractivity contribution in [2.45, 2.75) is 44.8 Å². The first-order valence-corrected chi connectivity index (χ1v) is 8.20. The van der Waals surface area contributed by atoms with Crippen molar-refractivity contribution in [1.29, 1.82) is 0 Å². The highest BCUT2D eigenvalue weighted by atomic mass is 19.1. The van der Waals surface area contributed by atoms with Crippen LogP contribution >= 0.6 is 0 Å². The third-order valence-corrected chi connectivity index (χ3v) is 5.24. The van der Waals surface area contributed by atoms with Crippen molar-refractivity contribution >= 4 is 12.6 Å². The van der Waals surface area contributed by atoms with Gasteiger partial charge in [0.05, 0.1) is 11.2 Å². The number of hydrogen-bond acceptors (Lipinski definition) is 3. The number of likely N-dealkylation sites (N-methyl/N-ethyl adjacent to an activating group) is 1. The number of halogens is 1. The molecule has 3 nitrogen and oxygen atoms in total. The quantitative estimate of drug-likeness (QED) is 0.618. The number of rotatable bonds is 2. The van der Waals surface area contributed by atoms with Crippen molar-refractivity contribution in [3.63, 3.8) is 0 Å². The molecule has 0 bridgehead atoms. The van der Waals surface area contributed by atoms with Crippen LogP contribution in [0.25, 0.3) is 0 Å². The zero-order chi connectivity index (χ0) is 16.8. The maximum Gasteiger partial charge on any atom is 0.494 e. The molecule has 124 valence electrons. The second-order valence-corrected chi connectivity index (χ2v) is 7.63. The second-order valence-electron chi connectivity index (χ2n) is 7.63. The van der Waals surface area contributed by atoms with Crippen molar-refractivity contribution in [3.05, 3.63) is 41.7 Å². The molecule has 2 heterocycles. The Hall–Kier alpha value is -1.17. The second kappa shape index (κ2) is 5.73. The van der Waals surface area contributed by atoms with Crippen LogP contribution in [0.4, 0.5) is 4.39 Å². The zero-order valence-electron chi connectivity index (χ0n) is 14.6. The predicted octanol–water partition coefficient (Wildman–Crippen LogP) is 2.71. The molecule has 1 unspecified atom stereocenters. The Labute approximate surface area is 138 Å². The highest BCUT2D eigenvalue weighted by Crippen LogP contribution is 2.36. The van der Waals surface area contributed by atoms with Crippen LogP contribution in [-0.4, -0.2) is 43.4 Å². The molecule has 0 radical (unpaired) electrons. The Morgan fingerprint density at radius 1 is 1.17 bits per heavy atom. The largest absolute Gasteiger partial charge is 0.494 e. The van der Waals surface area contributed by atoms with Gasteiger partial charge in [0.25, 0.3) is 0 Å². The third-order valence-electron chi connectivity index (χ3n) is 5.24. The molecular weight excluding hydrogens is 292 g/mol. The summed E-state index contributed by atoms with van der Waals surface area (Å²) in [5.41, 5.74) is 0.634. The monoisotopic (exact) mass is 317 g/mol. The molecule has 23 heavy (non-hydrogen) atoms. The molecule has 0 aliphatic carbocycles. The SMILES string of the molecule is CN1CC=CC(c2ccc(B3OC(C)(C)C(C)(C)O3)cc2F)C1. The van der Waals surface area contributed by atoms with Crippen molar-refractivity contribution in [2.75, 3.05) is 20.1 Å². The topological polar surface area (TPSA) is 21.7 Å². The van der Waals surface area contributed by atoms with E-state index in [1.54, 1.807) is 6.07 Å². The molecule has 0 aromatic heterocycles. The number of hydrogen-bond donors (Lipinski definition) is 0. The van der Waals surface area contributed by atoms with E-state index in [0.29, 0.717) is 0 Å². The summed E-state index contributed by atoms with van der Waals surface area (Å²) in [7, 11) is 1.53. The summed E-state index contributed by atoms with van der Waals surface area (Å²) < 4.78 is 26.6. The van der Waals surface area contributed by atoms with Gasteiger partial charge in [0.15, 0.2) is 0 Å². The van der Waals surface area contributed by atoms with Crippen LogP contribution in [0.15, 0.2) is 30.4 Å². The summed E-state index contributed by atoms with van der Waals surface area (Å²) in [5, 5.41) is 0. The fourth-order valence-electron chi connectivity index (χ4n) is 3.05. The zero-order valence-corrected chi connectivity index (χ0v) is 14.6. The van der Waals surface area contributed by atoms with Gasteiger partial charge in [-0.3, -0.25) is 0 Å². The summed E-state index contributed by atoms with van der Waals surface area (Å²) >= 11 is 0. The summed E-state index contributed by atoms with van der Waals surface area (Å²) in [6, 6.07) is 5.34. The van der Waals surface area contributed by atoms with Crippen molar-refractivity contribution in [1.82, 2.24) is 4.90 Å². The lowest BCUT2D eigenvalue weighted by molar-refractivity contribution is 0.00578. The molecule has 1 aromatic carbocycles. The molecule has 2 aliphatic rings. The highest BCUT2D eigenvalue weighted by Gasteiger charge is 2.51. The lowest BCUT2D eigenvalue weighted by Gasteiger charge is -2.32. The lowest BCUT2D eigenvalue weighted by atomic mass is 9.78. The van der Waals surface area contributed by atoms with Gasteiger partial charge in [0.1, 0.15) is 5.82 Å².